The second kappa shape index (κ2) is 18.4. The number of rotatable bonds is 20. The zero-order valence-electron chi connectivity index (χ0n) is 21.0. The van der Waals surface area contributed by atoms with Crippen LogP contribution in [0, 0.1) is 0 Å². The fraction of sp³-hybridized carbons (Fsp3) is 1.00. The molecule has 0 radical (unpaired) electrons. The Kier molecular flexibility index (Phi) is 17.1. The van der Waals surface area contributed by atoms with Gasteiger partial charge < -0.3 is 16.4 Å². The maximum absolute atomic E-state index is 7.25. The predicted octanol–water partition coefficient (Wildman–Crippen LogP) is 5.46. The van der Waals surface area contributed by atoms with Crippen molar-refractivity contribution in [2.24, 2.45) is 5.73 Å². The van der Waals surface area contributed by atoms with Crippen molar-refractivity contribution in [2.45, 2.75) is 129 Å². The molecule has 0 aromatic heterocycles. The standard InChI is InChI=1S/C26H56N4/c1-4-7-10-13-16-25(29-21-24-30-22-19-28-20-23-30)26(27,17-14-11-8-5-2)18-15-12-9-6-3/h25,28-29H,4-24,27H2,1-3H3. The molecule has 0 amide bonds. The third kappa shape index (κ3) is 12.6. The highest BCUT2D eigenvalue weighted by atomic mass is 15.2. The van der Waals surface area contributed by atoms with Gasteiger partial charge in [0.05, 0.1) is 0 Å². The molecule has 4 N–H and O–H groups in total. The molecule has 1 rings (SSSR count). The van der Waals surface area contributed by atoms with Gasteiger partial charge in [0.2, 0.25) is 0 Å². The first kappa shape index (κ1) is 27.9. The van der Waals surface area contributed by atoms with Crippen molar-refractivity contribution in [3.8, 4) is 0 Å². The monoisotopic (exact) mass is 424 g/mol. The largest absolute Gasteiger partial charge is 0.324 e. The van der Waals surface area contributed by atoms with Crippen molar-refractivity contribution in [1.82, 2.24) is 15.5 Å². The summed E-state index contributed by atoms with van der Waals surface area (Å²) in [6.07, 6.45) is 19.6. The molecule has 4 nitrogen and oxygen atoms in total. The smallest absolute Gasteiger partial charge is 0.0309 e. The van der Waals surface area contributed by atoms with Crippen molar-refractivity contribution < 1.29 is 0 Å². The Labute approximate surface area is 189 Å². The quantitative estimate of drug-likeness (QED) is 0.227. The summed E-state index contributed by atoms with van der Waals surface area (Å²) >= 11 is 0. The number of nitrogens with zero attached hydrogens (tertiary/aromatic N) is 1. The number of nitrogens with two attached hydrogens (primary N) is 1. The van der Waals surface area contributed by atoms with Crippen molar-refractivity contribution in [3.63, 3.8) is 0 Å². The van der Waals surface area contributed by atoms with Gasteiger partial charge in [0.25, 0.3) is 0 Å². The average molecular weight is 425 g/mol. The molecule has 1 aliphatic rings. The second-order valence-electron chi connectivity index (χ2n) is 9.80. The van der Waals surface area contributed by atoms with Crippen molar-refractivity contribution in [1.29, 1.82) is 0 Å². The third-order valence-electron chi connectivity index (χ3n) is 7.06. The first-order valence-corrected chi connectivity index (χ1v) is 13.6. The van der Waals surface area contributed by atoms with E-state index < -0.39 is 0 Å². The predicted molar refractivity (Wildman–Crippen MR) is 134 cm³/mol. The molecule has 0 spiro atoms. The van der Waals surface area contributed by atoms with E-state index in [4.69, 9.17) is 5.73 Å². The lowest BCUT2D eigenvalue weighted by atomic mass is 9.78. The highest BCUT2D eigenvalue weighted by Gasteiger charge is 2.33. The molecule has 1 heterocycles. The minimum absolute atomic E-state index is 0.0306. The van der Waals surface area contributed by atoms with Gasteiger partial charge in [-0.1, -0.05) is 97.8 Å². The molecular formula is C26H56N4. The summed E-state index contributed by atoms with van der Waals surface area (Å²) in [7, 11) is 0. The fourth-order valence-corrected chi connectivity index (χ4v) is 4.93. The summed E-state index contributed by atoms with van der Waals surface area (Å²) in [5.41, 5.74) is 7.22. The molecule has 0 aliphatic carbocycles. The average Bonchev–Trinajstić information content (AvgIpc) is 2.77. The highest BCUT2D eigenvalue weighted by Crippen LogP contribution is 2.27. The Morgan fingerprint density at radius 2 is 1.33 bits per heavy atom. The maximum atomic E-state index is 7.25. The van der Waals surface area contributed by atoms with Gasteiger partial charge in [0, 0.05) is 50.8 Å². The molecule has 4 heteroatoms. The fourth-order valence-electron chi connectivity index (χ4n) is 4.93. The minimum atomic E-state index is -0.0306. The van der Waals surface area contributed by atoms with E-state index in [2.05, 4.69) is 36.3 Å². The van der Waals surface area contributed by atoms with E-state index in [1.807, 2.05) is 0 Å². The molecule has 0 aromatic carbocycles. The summed E-state index contributed by atoms with van der Waals surface area (Å²) in [5, 5.41) is 7.44. The summed E-state index contributed by atoms with van der Waals surface area (Å²) in [5.74, 6) is 0. The molecule has 0 aromatic rings. The van der Waals surface area contributed by atoms with Gasteiger partial charge >= 0.3 is 0 Å². The Bertz CT molecular complexity index is 356. The Hall–Kier alpha value is -0.160. The van der Waals surface area contributed by atoms with Crippen LogP contribution in [0.3, 0.4) is 0 Å². The lowest BCUT2D eigenvalue weighted by Gasteiger charge is -2.40. The molecule has 0 saturated carbocycles. The number of hydrogen-bond donors (Lipinski definition) is 3. The molecule has 1 unspecified atom stereocenters. The van der Waals surface area contributed by atoms with Crippen LogP contribution in [0.4, 0.5) is 0 Å². The lowest BCUT2D eigenvalue weighted by Crippen LogP contribution is -2.58. The number of unbranched alkanes of at least 4 members (excludes halogenated alkanes) is 9. The first-order valence-electron chi connectivity index (χ1n) is 13.6. The Balaban J connectivity index is 2.65. The minimum Gasteiger partial charge on any atom is -0.324 e. The first-order chi connectivity index (χ1) is 14.7. The molecule has 1 saturated heterocycles. The van der Waals surface area contributed by atoms with Gasteiger partial charge in [-0.05, 0) is 19.3 Å². The zero-order chi connectivity index (χ0) is 21.9. The Morgan fingerprint density at radius 1 is 0.800 bits per heavy atom. The van der Waals surface area contributed by atoms with Gasteiger partial charge in [-0.25, -0.2) is 0 Å². The molecule has 1 aliphatic heterocycles. The molecule has 0 bridgehead atoms. The van der Waals surface area contributed by atoms with Crippen molar-refractivity contribution in [3.05, 3.63) is 0 Å². The normalized spacial score (nSPS) is 16.8. The maximum Gasteiger partial charge on any atom is 0.0309 e. The van der Waals surface area contributed by atoms with Gasteiger partial charge in [0.1, 0.15) is 0 Å². The zero-order valence-corrected chi connectivity index (χ0v) is 21.0. The van der Waals surface area contributed by atoms with Crippen LogP contribution in [-0.2, 0) is 0 Å². The molecule has 30 heavy (non-hydrogen) atoms. The van der Waals surface area contributed by atoms with Crippen molar-refractivity contribution >= 4 is 0 Å². The number of nitrogens with one attached hydrogen (secondary N) is 2. The lowest BCUT2D eigenvalue weighted by molar-refractivity contribution is 0.204. The SMILES string of the molecule is CCCCCCC(NCCN1CCNCC1)C(N)(CCCCCC)CCCCCC. The third-order valence-corrected chi connectivity index (χ3v) is 7.06. The van der Waals surface area contributed by atoms with Gasteiger partial charge in [-0.2, -0.15) is 0 Å². The van der Waals surface area contributed by atoms with E-state index >= 15 is 0 Å². The number of piperazine rings is 1. The summed E-state index contributed by atoms with van der Waals surface area (Å²) in [6.45, 7) is 13.8. The molecule has 180 valence electrons. The van der Waals surface area contributed by atoms with Crippen LogP contribution in [0.15, 0.2) is 0 Å². The summed E-state index contributed by atoms with van der Waals surface area (Å²) in [4.78, 5) is 2.60. The van der Waals surface area contributed by atoms with Crippen LogP contribution >= 0.6 is 0 Å². The highest BCUT2D eigenvalue weighted by molar-refractivity contribution is 4.96. The van der Waals surface area contributed by atoms with Crippen molar-refractivity contribution in [2.75, 3.05) is 39.3 Å². The second-order valence-corrected chi connectivity index (χ2v) is 9.80. The van der Waals surface area contributed by atoms with E-state index in [1.54, 1.807) is 0 Å². The van der Waals surface area contributed by atoms with E-state index in [0.717, 1.165) is 26.2 Å². The van der Waals surface area contributed by atoms with Crippen LogP contribution in [0.5, 0.6) is 0 Å². The van der Waals surface area contributed by atoms with Crippen LogP contribution in [0.25, 0.3) is 0 Å². The van der Waals surface area contributed by atoms with Gasteiger partial charge in [-0.15, -0.1) is 0 Å². The molecule has 1 atom stereocenters. The number of hydrogen-bond acceptors (Lipinski definition) is 4. The summed E-state index contributed by atoms with van der Waals surface area (Å²) in [6, 6.07) is 0.473. The van der Waals surface area contributed by atoms with Crippen LogP contribution in [-0.4, -0.2) is 55.7 Å². The Morgan fingerprint density at radius 3 is 1.87 bits per heavy atom. The summed E-state index contributed by atoms with van der Waals surface area (Å²) < 4.78 is 0. The van der Waals surface area contributed by atoms with Gasteiger partial charge in [-0.3, -0.25) is 4.90 Å². The van der Waals surface area contributed by atoms with E-state index in [-0.39, 0.29) is 5.54 Å². The van der Waals surface area contributed by atoms with E-state index in [0.29, 0.717) is 6.04 Å². The molecule has 1 fully saturated rings. The molecular weight excluding hydrogens is 368 g/mol. The van der Waals surface area contributed by atoms with Crippen LogP contribution < -0.4 is 16.4 Å². The van der Waals surface area contributed by atoms with Crippen LogP contribution in [0.1, 0.15) is 117 Å². The van der Waals surface area contributed by atoms with E-state index in [9.17, 15) is 0 Å². The van der Waals surface area contributed by atoms with E-state index in [1.165, 1.54) is 109 Å². The van der Waals surface area contributed by atoms with Gasteiger partial charge in [0.15, 0.2) is 0 Å². The topological polar surface area (TPSA) is 53.3 Å². The van der Waals surface area contributed by atoms with Crippen LogP contribution in [0.2, 0.25) is 0 Å².